The van der Waals surface area contributed by atoms with Crippen molar-refractivity contribution >= 4 is 34.5 Å². The molecule has 2 aromatic carbocycles. The van der Waals surface area contributed by atoms with Gasteiger partial charge >= 0.3 is 6.09 Å². The number of pyridine rings is 1. The minimum absolute atomic E-state index is 0.148. The Balaban J connectivity index is 1.50. The van der Waals surface area contributed by atoms with Crippen molar-refractivity contribution in [2.75, 3.05) is 32.8 Å². The number of piperazine rings is 1. The van der Waals surface area contributed by atoms with E-state index in [1.807, 2.05) is 0 Å². The van der Waals surface area contributed by atoms with Crippen LogP contribution in [0.15, 0.2) is 61.2 Å². The molecule has 0 atom stereocenters. The maximum atomic E-state index is 13.7. The largest absolute Gasteiger partial charge is 0.449 e. The zero-order valence-electron chi connectivity index (χ0n) is 18.0. The zero-order chi connectivity index (χ0) is 23.4. The number of halogens is 2. The number of benzene rings is 2. The summed E-state index contributed by atoms with van der Waals surface area (Å²) in [5.41, 5.74) is 2.16. The van der Waals surface area contributed by atoms with Gasteiger partial charge in [0.05, 0.1) is 22.8 Å². The molecule has 1 fully saturated rings. The van der Waals surface area contributed by atoms with E-state index in [0.717, 1.165) is 0 Å². The molecule has 33 heavy (non-hydrogen) atoms. The molecular weight excluding hydrogens is 445 g/mol. The molecule has 0 unspecified atom stereocenters. The molecule has 6 nitrogen and oxygen atoms in total. The highest BCUT2D eigenvalue weighted by Crippen LogP contribution is 2.29. The third kappa shape index (κ3) is 5.14. The van der Waals surface area contributed by atoms with Crippen molar-refractivity contribution in [3.63, 3.8) is 0 Å². The van der Waals surface area contributed by atoms with Gasteiger partial charge in [-0.05, 0) is 36.8 Å². The van der Waals surface area contributed by atoms with Gasteiger partial charge < -0.3 is 14.5 Å². The van der Waals surface area contributed by atoms with Crippen LogP contribution in [0.1, 0.15) is 16.8 Å². The molecule has 1 saturated heterocycles. The van der Waals surface area contributed by atoms with E-state index in [0.29, 0.717) is 72.0 Å². The van der Waals surface area contributed by atoms with Gasteiger partial charge in [-0.15, -0.1) is 6.58 Å². The quantitative estimate of drug-likeness (QED) is 0.384. The highest BCUT2D eigenvalue weighted by Gasteiger charge is 2.26. The summed E-state index contributed by atoms with van der Waals surface area (Å²) in [6, 6.07) is 13.0. The Labute approximate surface area is 196 Å². The van der Waals surface area contributed by atoms with Gasteiger partial charge in [-0.1, -0.05) is 35.9 Å². The normalized spacial score (nSPS) is 13.8. The number of amides is 2. The van der Waals surface area contributed by atoms with Crippen molar-refractivity contribution in [1.82, 2.24) is 14.8 Å². The van der Waals surface area contributed by atoms with Crippen LogP contribution in [0, 0.1) is 5.82 Å². The van der Waals surface area contributed by atoms with Crippen LogP contribution in [0.3, 0.4) is 0 Å². The highest BCUT2D eigenvalue weighted by atomic mass is 35.5. The van der Waals surface area contributed by atoms with Crippen molar-refractivity contribution in [3.05, 3.63) is 77.6 Å². The molecule has 0 bridgehead atoms. The lowest BCUT2D eigenvalue weighted by molar-refractivity contribution is 0.0564. The van der Waals surface area contributed by atoms with E-state index in [2.05, 4.69) is 11.6 Å². The van der Waals surface area contributed by atoms with E-state index in [-0.39, 0.29) is 17.8 Å². The van der Waals surface area contributed by atoms with E-state index in [1.165, 1.54) is 12.1 Å². The monoisotopic (exact) mass is 467 g/mol. The summed E-state index contributed by atoms with van der Waals surface area (Å²) in [6.07, 6.45) is 1.92. The molecular formula is C25H23ClFN3O3. The maximum absolute atomic E-state index is 13.7. The molecule has 3 aromatic rings. The fourth-order valence-electron chi connectivity index (χ4n) is 3.71. The minimum Gasteiger partial charge on any atom is -0.449 e. The Hall–Kier alpha value is -3.45. The number of hydrogen-bond donors (Lipinski definition) is 0. The van der Waals surface area contributed by atoms with E-state index < -0.39 is 0 Å². The Bertz CT molecular complexity index is 1210. The lowest BCUT2D eigenvalue weighted by atomic mass is 10.1. The molecule has 0 saturated carbocycles. The van der Waals surface area contributed by atoms with Gasteiger partial charge in [-0.2, -0.15) is 0 Å². The number of carbonyl (C=O) groups is 2. The molecule has 1 aliphatic heterocycles. The predicted molar refractivity (Wildman–Crippen MR) is 126 cm³/mol. The molecule has 170 valence electrons. The van der Waals surface area contributed by atoms with Crippen LogP contribution < -0.4 is 0 Å². The topological polar surface area (TPSA) is 62.7 Å². The van der Waals surface area contributed by atoms with Gasteiger partial charge in [0.1, 0.15) is 5.82 Å². The molecule has 8 heteroatoms. The molecule has 0 aliphatic carbocycles. The Morgan fingerprint density at radius 3 is 2.58 bits per heavy atom. The first kappa shape index (κ1) is 22.7. The van der Waals surface area contributed by atoms with E-state index in [9.17, 15) is 14.0 Å². The molecule has 0 spiro atoms. The molecule has 4 rings (SSSR count). The van der Waals surface area contributed by atoms with Gasteiger partial charge in [0.25, 0.3) is 5.91 Å². The Kier molecular flexibility index (Phi) is 6.89. The zero-order valence-corrected chi connectivity index (χ0v) is 18.7. The van der Waals surface area contributed by atoms with Crippen molar-refractivity contribution in [3.8, 4) is 11.3 Å². The lowest BCUT2D eigenvalue weighted by Crippen LogP contribution is -2.50. The first-order chi connectivity index (χ1) is 16.0. The second-order valence-electron chi connectivity index (χ2n) is 7.70. The smallest absolute Gasteiger partial charge is 0.409 e. The number of ether oxygens (including phenoxy) is 1. The number of hydrogen-bond acceptors (Lipinski definition) is 4. The third-order valence-electron chi connectivity index (χ3n) is 5.50. The predicted octanol–water partition coefficient (Wildman–Crippen LogP) is 5.16. The van der Waals surface area contributed by atoms with Gasteiger partial charge in [-0.25, -0.2) is 14.2 Å². The van der Waals surface area contributed by atoms with E-state index in [1.54, 1.807) is 52.3 Å². The minimum atomic E-state index is -0.377. The van der Waals surface area contributed by atoms with Crippen molar-refractivity contribution in [2.24, 2.45) is 0 Å². The Morgan fingerprint density at radius 1 is 1.09 bits per heavy atom. The first-order valence-electron chi connectivity index (χ1n) is 10.6. The van der Waals surface area contributed by atoms with Gasteiger partial charge in [0.2, 0.25) is 0 Å². The number of rotatable bonds is 5. The van der Waals surface area contributed by atoms with Crippen LogP contribution in [0.25, 0.3) is 22.2 Å². The molecule has 2 amide bonds. The van der Waals surface area contributed by atoms with Crippen LogP contribution in [-0.4, -0.2) is 59.6 Å². The summed E-state index contributed by atoms with van der Waals surface area (Å²) in [4.78, 5) is 33.1. The second-order valence-corrected chi connectivity index (χ2v) is 8.11. The highest BCUT2D eigenvalue weighted by molar-refractivity contribution is 6.35. The van der Waals surface area contributed by atoms with Crippen LogP contribution in [0.2, 0.25) is 5.02 Å². The van der Waals surface area contributed by atoms with Gasteiger partial charge in [-0.3, -0.25) is 4.79 Å². The summed E-state index contributed by atoms with van der Waals surface area (Å²) < 4.78 is 18.8. The summed E-state index contributed by atoms with van der Waals surface area (Å²) in [5, 5.41) is 1.18. The van der Waals surface area contributed by atoms with Gasteiger partial charge in [0.15, 0.2) is 0 Å². The number of carbonyl (C=O) groups excluding carboxylic acids is 2. The molecule has 0 radical (unpaired) electrons. The van der Waals surface area contributed by atoms with Crippen LogP contribution >= 0.6 is 11.6 Å². The van der Waals surface area contributed by atoms with Crippen LogP contribution in [0.5, 0.6) is 0 Å². The van der Waals surface area contributed by atoms with E-state index >= 15 is 0 Å². The maximum Gasteiger partial charge on any atom is 0.409 e. The van der Waals surface area contributed by atoms with Crippen LogP contribution in [-0.2, 0) is 4.74 Å². The average molecular weight is 468 g/mol. The molecule has 2 heterocycles. The molecule has 0 N–H and O–H groups in total. The number of fused-ring (bicyclic) bond motifs is 1. The second kappa shape index (κ2) is 10.0. The molecule has 1 aliphatic rings. The summed E-state index contributed by atoms with van der Waals surface area (Å²) in [6.45, 7) is 5.52. The van der Waals surface area contributed by atoms with Crippen molar-refractivity contribution in [2.45, 2.75) is 6.42 Å². The van der Waals surface area contributed by atoms with Crippen LogP contribution in [0.4, 0.5) is 9.18 Å². The van der Waals surface area contributed by atoms with E-state index in [4.69, 9.17) is 16.3 Å². The summed E-state index contributed by atoms with van der Waals surface area (Å²) in [5.74, 6) is -0.510. The fraction of sp³-hybridized carbons (Fsp3) is 0.240. The standard InChI is InChI=1S/C25H23ClFN3O3/c1-2-3-13-33-25(32)30-11-9-29(10-12-30)24(31)18-7-8-20-21(26)16-22(28-23(20)15-18)17-5-4-6-19(27)14-17/h2,4-8,14-16H,1,3,9-13H2. The molecule has 1 aromatic heterocycles. The number of aromatic nitrogens is 1. The lowest BCUT2D eigenvalue weighted by Gasteiger charge is -2.34. The number of nitrogens with zero attached hydrogens (tertiary/aromatic N) is 3. The fourth-order valence-corrected chi connectivity index (χ4v) is 3.97. The SMILES string of the molecule is C=CCCOC(=O)N1CCN(C(=O)c2ccc3c(Cl)cc(-c4cccc(F)c4)nc3c2)CC1. The summed E-state index contributed by atoms with van der Waals surface area (Å²) in [7, 11) is 0. The van der Waals surface area contributed by atoms with Crippen molar-refractivity contribution < 1.29 is 18.7 Å². The Morgan fingerprint density at radius 2 is 1.85 bits per heavy atom. The van der Waals surface area contributed by atoms with Gasteiger partial charge in [0, 0.05) is 42.7 Å². The average Bonchev–Trinajstić information content (AvgIpc) is 2.83. The van der Waals surface area contributed by atoms with Crippen molar-refractivity contribution in [1.29, 1.82) is 0 Å². The third-order valence-corrected chi connectivity index (χ3v) is 5.81. The first-order valence-corrected chi connectivity index (χ1v) is 11.0. The summed E-state index contributed by atoms with van der Waals surface area (Å²) >= 11 is 6.44.